The van der Waals surface area contributed by atoms with Crippen LogP contribution >= 0.6 is 0 Å². The van der Waals surface area contributed by atoms with Crippen LogP contribution in [0.1, 0.15) is 40.9 Å². The summed E-state index contributed by atoms with van der Waals surface area (Å²) in [5.74, 6) is 0.472. The summed E-state index contributed by atoms with van der Waals surface area (Å²) in [6.45, 7) is 11.9. The van der Waals surface area contributed by atoms with E-state index in [0.29, 0.717) is 23.9 Å². The van der Waals surface area contributed by atoms with Crippen molar-refractivity contribution in [2.24, 2.45) is 5.92 Å². The predicted octanol–water partition coefficient (Wildman–Crippen LogP) is 3.53. The molecule has 0 aliphatic carbocycles. The number of rotatable bonds is 4. The molecule has 1 saturated heterocycles. The number of benzene rings is 1. The zero-order valence-corrected chi connectivity index (χ0v) is 17.2. The molecule has 0 saturated carbocycles. The highest BCUT2D eigenvalue weighted by atomic mass is 32.2. The lowest BCUT2D eigenvalue weighted by atomic mass is 9.98. The Kier molecular flexibility index (Phi) is 5.26. The van der Waals surface area contributed by atoms with Crippen molar-refractivity contribution < 1.29 is 8.42 Å². The quantitative estimate of drug-likeness (QED) is 0.821. The van der Waals surface area contributed by atoms with Gasteiger partial charge < -0.3 is 0 Å². The third kappa shape index (κ3) is 3.71. The van der Waals surface area contributed by atoms with E-state index in [1.807, 2.05) is 39.8 Å². The highest BCUT2D eigenvalue weighted by molar-refractivity contribution is 7.89. The van der Waals surface area contributed by atoms with E-state index in [1.54, 1.807) is 4.31 Å². The molecule has 3 rings (SSSR count). The lowest BCUT2D eigenvalue weighted by Gasteiger charge is -2.32. The Bertz CT molecular complexity index is 884. The van der Waals surface area contributed by atoms with Crippen molar-refractivity contribution in [1.82, 2.24) is 14.1 Å². The first kappa shape index (κ1) is 19.1. The van der Waals surface area contributed by atoms with E-state index >= 15 is 0 Å². The fourth-order valence-corrected chi connectivity index (χ4v) is 6.02. The number of nitrogens with zero attached hydrogens (tertiary/aromatic N) is 3. The molecule has 0 N–H and O–H groups in total. The van der Waals surface area contributed by atoms with Crippen molar-refractivity contribution >= 4 is 10.0 Å². The van der Waals surface area contributed by atoms with Crippen molar-refractivity contribution in [1.29, 1.82) is 0 Å². The zero-order chi connectivity index (χ0) is 19.1. The van der Waals surface area contributed by atoms with Gasteiger partial charge >= 0.3 is 0 Å². The molecular weight excluding hydrogens is 346 g/mol. The van der Waals surface area contributed by atoms with Gasteiger partial charge in [-0.05, 0) is 70.6 Å². The lowest BCUT2D eigenvalue weighted by Crippen LogP contribution is -2.40. The smallest absolute Gasteiger partial charge is 0.243 e. The molecule has 6 heteroatoms. The summed E-state index contributed by atoms with van der Waals surface area (Å²) in [6.07, 6.45) is 1.75. The summed E-state index contributed by atoms with van der Waals surface area (Å²) in [5.41, 5.74) is 4.98. The SMILES string of the molecule is Cc1cc(C)c(S(=O)(=O)N2CCC(Cn3nc(C)cc3C)CC2)c(C)c1. The molecule has 2 heterocycles. The predicted molar refractivity (Wildman–Crippen MR) is 104 cm³/mol. The molecule has 1 aromatic carbocycles. The molecule has 0 radical (unpaired) electrons. The number of aryl methyl sites for hydroxylation is 5. The topological polar surface area (TPSA) is 55.2 Å². The molecule has 1 fully saturated rings. The Balaban J connectivity index is 1.72. The van der Waals surface area contributed by atoms with E-state index < -0.39 is 10.0 Å². The summed E-state index contributed by atoms with van der Waals surface area (Å²) in [6, 6.07) is 5.99. The van der Waals surface area contributed by atoms with Gasteiger partial charge in [-0.1, -0.05) is 17.7 Å². The van der Waals surface area contributed by atoms with Gasteiger partial charge in [0, 0.05) is 25.3 Å². The molecule has 0 unspecified atom stereocenters. The second-order valence-corrected chi connectivity index (χ2v) is 9.56. The van der Waals surface area contributed by atoms with Gasteiger partial charge in [0.25, 0.3) is 0 Å². The fraction of sp³-hybridized carbons (Fsp3) is 0.550. The highest BCUT2D eigenvalue weighted by Crippen LogP contribution is 2.29. The van der Waals surface area contributed by atoms with E-state index in [4.69, 9.17) is 0 Å². The number of hydrogen-bond donors (Lipinski definition) is 0. The van der Waals surface area contributed by atoms with E-state index in [1.165, 1.54) is 5.69 Å². The minimum absolute atomic E-state index is 0.472. The van der Waals surface area contributed by atoms with Crippen LogP contribution in [0.25, 0.3) is 0 Å². The molecule has 2 aromatic rings. The molecule has 26 heavy (non-hydrogen) atoms. The molecule has 1 aliphatic heterocycles. The van der Waals surface area contributed by atoms with Gasteiger partial charge in [0.2, 0.25) is 10.0 Å². The van der Waals surface area contributed by atoms with Crippen LogP contribution in [0.15, 0.2) is 23.1 Å². The number of sulfonamides is 1. The third-order valence-corrected chi connectivity index (χ3v) is 7.52. The van der Waals surface area contributed by atoms with Crippen molar-refractivity contribution in [2.75, 3.05) is 13.1 Å². The van der Waals surface area contributed by atoms with Gasteiger partial charge in [0.1, 0.15) is 0 Å². The third-order valence-electron chi connectivity index (χ3n) is 5.31. The van der Waals surface area contributed by atoms with Crippen molar-refractivity contribution in [2.45, 2.75) is 58.9 Å². The van der Waals surface area contributed by atoms with Crippen LogP contribution in [0.4, 0.5) is 0 Å². The Morgan fingerprint density at radius 2 is 1.58 bits per heavy atom. The van der Waals surface area contributed by atoms with Crippen molar-refractivity contribution in [3.63, 3.8) is 0 Å². The summed E-state index contributed by atoms with van der Waals surface area (Å²) in [5, 5.41) is 4.54. The van der Waals surface area contributed by atoms with Gasteiger partial charge in [-0.2, -0.15) is 9.40 Å². The van der Waals surface area contributed by atoms with Crippen LogP contribution in [0.2, 0.25) is 0 Å². The van der Waals surface area contributed by atoms with Crippen molar-refractivity contribution in [3.05, 3.63) is 46.3 Å². The molecular formula is C20H29N3O2S. The lowest BCUT2D eigenvalue weighted by molar-refractivity contribution is 0.246. The van der Waals surface area contributed by atoms with Crippen LogP contribution in [-0.2, 0) is 16.6 Å². The second kappa shape index (κ2) is 7.16. The molecule has 5 nitrogen and oxygen atoms in total. The Morgan fingerprint density at radius 1 is 1.00 bits per heavy atom. The summed E-state index contributed by atoms with van der Waals surface area (Å²) >= 11 is 0. The molecule has 0 bridgehead atoms. The van der Waals surface area contributed by atoms with Gasteiger partial charge in [0.05, 0.1) is 10.6 Å². The van der Waals surface area contributed by atoms with Crippen LogP contribution in [-0.4, -0.2) is 35.6 Å². The zero-order valence-electron chi connectivity index (χ0n) is 16.4. The van der Waals surface area contributed by atoms with Gasteiger partial charge in [0.15, 0.2) is 0 Å². The largest absolute Gasteiger partial charge is 0.269 e. The maximum absolute atomic E-state index is 13.2. The first-order valence-corrected chi connectivity index (χ1v) is 10.7. The van der Waals surface area contributed by atoms with E-state index in [2.05, 4.69) is 22.8 Å². The van der Waals surface area contributed by atoms with Crippen LogP contribution < -0.4 is 0 Å². The van der Waals surface area contributed by atoms with E-state index in [-0.39, 0.29) is 0 Å². The first-order valence-electron chi connectivity index (χ1n) is 9.27. The molecule has 0 spiro atoms. The first-order chi connectivity index (χ1) is 12.2. The Labute approximate surface area is 157 Å². The maximum Gasteiger partial charge on any atom is 0.243 e. The average molecular weight is 376 g/mol. The van der Waals surface area contributed by atoms with Crippen LogP contribution in [0, 0.1) is 40.5 Å². The average Bonchev–Trinajstić information content (AvgIpc) is 2.84. The standard InChI is InChI=1S/C20H29N3O2S/c1-14-10-15(2)20(16(3)11-14)26(24,25)22-8-6-19(7-9-22)13-23-18(5)12-17(4)21-23/h10-12,19H,6-9,13H2,1-5H3. The van der Waals surface area contributed by atoms with Crippen LogP contribution in [0.3, 0.4) is 0 Å². The van der Waals surface area contributed by atoms with Gasteiger partial charge in [-0.25, -0.2) is 8.42 Å². The van der Waals surface area contributed by atoms with E-state index in [0.717, 1.165) is 41.8 Å². The van der Waals surface area contributed by atoms with Crippen LogP contribution in [0.5, 0.6) is 0 Å². The Morgan fingerprint density at radius 3 is 2.08 bits per heavy atom. The molecule has 1 aromatic heterocycles. The normalized spacial score (nSPS) is 17.0. The molecule has 0 amide bonds. The van der Waals surface area contributed by atoms with Gasteiger partial charge in [-0.15, -0.1) is 0 Å². The molecule has 142 valence electrons. The molecule has 1 aliphatic rings. The molecule has 0 atom stereocenters. The minimum Gasteiger partial charge on any atom is -0.269 e. The van der Waals surface area contributed by atoms with E-state index in [9.17, 15) is 8.42 Å². The number of hydrogen-bond acceptors (Lipinski definition) is 3. The second-order valence-electron chi connectivity index (χ2n) is 7.68. The number of piperidine rings is 1. The maximum atomic E-state index is 13.2. The minimum atomic E-state index is -3.43. The summed E-state index contributed by atoms with van der Waals surface area (Å²) in [4.78, 5) is 0.486. The monoisotopic (exact) mass is 375 g/mol. The van der Waals surface area contributed by atoms with Crippen molar-refractivity contribution in [3.8, 4) is 0 Å². The Hall–Kier alpha value is -1.66. The summed E-state index contributed by atoms with van der Waals surface area (Å²) < 4.78 is 30.1. The highest BCUT2D eigenvalue weighted by Gasteiger charge is 2.31. The number of aromatic nitrogens is 2. The van der Waals surface area contributed by atoms with Gasteiger partial charge in [-0.3, -0.25) is 4.68 Å². The summed E-state index contributed by atoms with van der Waals surface area (Å²) in [7, 11) is -3.43. The fourth-order valence-electron chi connectivity index (χ4n) is 4.14.